The summed E-state index contributed by atoms with van der Waals surface area (Å²) in [5, 5.41) is 3.08. The summed E-state index contributed by atoms with van der Waals surface area (Å²) in [6.07, 6.45) is 2.00. The zero-order valence-corrected chi connectivity index (χ0v) is 10.4. The summed E-state index contributed by atoms with van der Waals surface area (Å²) in [4.78, 5) is 13.3. The Kier molecular flexibility index (Phi) is 8.33. The molecule has 1 unspecified atom stereocenters. The highest BCUT2D eigenvalue weighted by molar-refractivity contribution is 5.71. The highest BCUT2D eigenvalue weighted by Crippen LogP contribution is 1.90. The number of likely N-dealkylation sites (N-methyl/N-ethyl adjacent to an activating group) is 1. The molecule has 0 heterocycles. The molecular weight excluding hydrogens is 192 g/mol. The summed E-state index contributed by atoms with van der Waals surface area (Å²) >= 11 is 0. The number of hydrogen-bond acceptors (Lipinski definition) is 4. The van der Waals surface area contributed by atoms with Crippen molar-refractivity contribution in [2.45, 2.75) is 32.7 Å². The largest absolute Gasteiger partial charge is 0.465 e. The van der Waals surface area contributed by atoms with Crippen LogP contribution >= 0.6 is 0 Å². The zero-order valence-electron chi connectivity index (χ0n) is 10.4. The van der Waals surface area contributed by atoms with E-state index in [4.69, 9.17) is 4.74 Å². The third-order valence-corrected chi connectivity index (χ3v) is 2.35. The summed E-state index contributed by atoms with van der Waals surface area (Å²) in [5.41, 5.74) is 0. The lowest BCUT2D eigenvalue weighted by atomic mass is 10.3. The van der Waals surface area contributed by atoms with Gasteiger partial charge in [0, 0.05) is 12.6 Å². The van der Waals surface area contributed by atoms with E-state index in [1.54, 1.807) is 0 Å². The van der Waals surface area contributed by atoms with Crippen molar-refractivity contribution >= 4 is 5.97 Å². The molecule has 0 rings (SSSR count). The molecule has 0 aromatic carbocycles. The molecular formula is C11H24N2O2. The van der Waals surface area contributed by atoms with Crippen LogP contribution in [-0.2, 0) is 9.53 Å². The predicted molar refractivity (Wildman–Crippen MR) is 61.9 cm³/mol. The third-order valence-electron chi connectivity index (χ3n) is 2.35. The van der Waals surface area contributed by atoms with Gasteiger partial charge in [0.25, 0.3) is 0 Å². The summed E-state index contributed by atoms with van der Waals surface area (Å²) in [6.45, 7) is 5.83. The third kappa shape index (κ3) is 8.39. The highest BCUT2D eigenvalue weighted by atomic mass is 16.5. The quantitative estimate of drug-likeness (QED) is 0.483. The van der Waals surface area contributed by atoms with Crippen molar-refractivity contribution in [3.8, 4) is 0 Å². The maximum Gasteiger partial charge on any atom is 0.319 e. The van der Waals surface area contributed by atoms with Crippen molar-refractivity contribution in [2.75, 3.05) is 33.8 Å². The second kappa shape index (κ2) is 8.68. The number of nitrogens with one attached hydrogen (secondary N) is 1. The Bertz CT molecular complexity index is 172. The van der Waals surface area contributed by atoms with E-state index in [1.165, 1.54) is 0 Å². The van der Waals surface area contributed by atoms with Crippen molar-refractivity contribution < 1.29 is 9.53 Å². The van der Waals surface area contributed by atoms with Crippen LogP contribution < -0.4 is 5.32 Å². The minimum atomic E-state index is -0.158. The van der Waals surface area contributed by atoms with Gasteiger partial charge in [-0.3, -0.25) is 4.79 Å². The normalized spacial score (nSPS) is 12.9. The van der Waals surface area contributed by atoms with Gasteiger partial charge in [-0.25, -0.2) is 0 Å². The van der Waals surface area contributed by atoms with Gasteiger partial charge < -0.3 is 15.0 Å². The zero-order chi connectivity index (χ0) is 11.7. The molecule has 0 bridgehead atoms. The average molecular weight is 216 g/mol. The van der Waals surface area contributed by atoms with E-state index in [-0.39, 0.29) is 5.97 Å². The van der Waals surface area contributed by atoms with Gasteiger partial charge in [-0.2, -0.15) is 0 Å². The minimum absolute atomic E-state index is 0.158. The number of hydrogen-bond donors (Lipinski definition) is 1. The molecule has 0 aromatic rings. The molecule has 0 aliphatic heterocycles. The van der Waals surface area contributed by atoms with Crippen LogP contribution in [0, 0.1) is 0 Å². The van der Waals surface area contributed by atoms with Crippen LogP contribution in [0.25, 0.3) is 0 Å². The van der Waals surface area contributed by atoms with Crippen molar-refractivity contribution in [3.05, 3.63) is 0 Å². The van der Waals surface area contributed by atoms with Crippen molar-refractivity contribution in [2.24, 2.45) is 0 Å². The van der Waals surface area contributed by atoms with E-state index in [9.17, 15) is 4.79 Å². The topological polar surface area (TPSA) is 41.6 Å². The molecule has 0 amide bonds. The number of nitrogens with zero attached hydrogens (tertiary/aromatic N) is 1. The Morgan fingerprint density at radius 1 is 1.47 bits per heavy atom. The highest BCUT2D eigenvalue weighted by Gasteiger charge is 2.06. The molecule has 0 saturated heterocycles. The van der Waals surface area contributed by atoms with Gasteiger partial charge in [0.1, 0.15) is 0 Å². The molecule has 0 aliphatic carbocycles. The van der Waals surface area contributed by atoms with Gasteiger partial charge in [0.2, 0.25) is 0 Å². The number of carbonyl (C=O) groups excluding carboxylic acids is 1. The van der Waals surface area contributed by atoms with E-state index < -0.39 is 0 Å². The maximum absolute atomic E-state index is 11.2. The van der Waals surface area contributed by atoms with Crippen molar-refractivity contribution in [1.82, 2.24) is 10.2 Å². The second-order valence-electron chi connectivity index (χ2n) is 4.02. The molecule has 0 saturated carbocycles. The Hall–Kier alpha value is -0.610. The van der Waals surface area contributed by atoms with Gasteiger partial charge in [-0.05, 0) is 27.4 Å². The molecule has 0 aromatic heterocycles. The standard InChI is InChI=1S/C11H24N2O2/c1-5-6-7-15-11(14)9-12-8-10(2)13(3)4/h10,12H,5-9H2,1-4H3. The predicted octanol–water partition coefficient (Wildman–Crippen LogP) is 0.869. The fourth-order valence-electron chi connectivity index (χ4n) is 0.947. The lowest BCUT2D eigenvalue weighted by Crippen LogP contribution is -2.37. The van der Waals surface area contributed by atoms with Crippen LogP contribution in [0.3, 0.4) is 0 Å². The fraction of sp³-hybridized carbons (Fsp3) is 0.909. The van der Waals surface area contributed by atoms with Crippen LogP contribution in [-0.4, -0.2) is 50.7 Å². The molecule has 4 nitrogen and oxygen atoms in total. The molecule has 1 atom stereocenters. The molecule has 0 fully saturated rings. The number of carbonyl (C=O) groups is 1. The second-order valence-corrected chi connectivity index (χ2v) is 4.02. The number of esters is 1. The van der Waals surface area contributed by atoms with Crippen LogP contribution in [0.1, 0.15) is 26.7 Å². The smallest absolute Gasteiger partial charge is 0.319 e. The van der Waals surface area contributed by atoms with Crippen molar-refractivity contribution in [3.63, 3.8) is 0 Å². The fourth-order valence-corrected chi connectivity index (χ4v) is 0.947. The Morgan fingerprint density at radius 2 is 2.13 bits per heavy atom. The van der Waals surface area contributed by atoms with Gasteiger partial charge in [0.15, 0.2) is 0 Å². The van der Waals surface area contributed by atoms with Gasteiger partial charge in [0.05, 0.1) is 13.2 Å². The molecule has 1 N–H and O–H groups in total. The van der Waals surface area contributed by atoms with Crippen LogP contribution in [0.4, 0.5) is 0 Å². The van der Waals surface area contributed by atoms with Gasteiger partial charge in [-0.15, -0.1) is 0 Å². The first-order valence-corrected chi connectivity index (χ1v) is 5.60. The molecule has 0 spiro atoms. The van der Waals surface area contributed by atoms with E-state index in [0.717, 1.165) is 19.4 Å². The van der Waals surface area contributed by atoms with Gasteiger partial charge >= 0.3 is 5.97 Å². The Morgan fingerprint density at radius 3 is 2.67 bits per heavy atom. The van der Waals surface area contributed by atoms with Crippen LogP contribution in [0.5, 0.6) is 0 Å². The van der Waals surface area contributed by atoms with E-state index in [0.29, 0.717) is 19.2 Å². The monoisotopic (exact) mass is 216 g/mol. The molecule has 15 heavy (non-hydrogen) atoms. The summed E-state index contributed by atoms with van der Waals surface area (Å²) in [5.74, 6) is -0.158. The Labute approximate surface area is 93.0 Å². The molecule has 0 aliphatic rings. The maximum atomic E-state index is 11.2. The minimum Gasteiger partial charge on any atom is -0.465 e. The first-order chi connectivity index (χ1) is 7.07. The molecule has 4 heteroatoms. The lowest BCUT2D eigenvalue weighted by molar-refractivity contribution is -0.142. The number of ether oxygens (including phenoxy) is 1. The molecule has 0 radical (unpaired) electrons. The average Bonchev–Trinajstić information content (AvgIpc) is 2.18. The van der Waals surface area contributed by atoms with E-state index in [2.05, 4.69) is 24.1 Å². The molecule has 90 valence electrons. The first-order valence-electron chi connectivity index (χ1n) is 5.60. The SMILES string of the molecule is CCCCOC(=O)CNCC(C)N(C)C. The number of unbranched alkanes of at least 4 members (excludes halogenated alkanes) is 1. The summed E-state index contributed by atoms with van der Waals surface area (Å²) < 4.78 is 5.01. The van der Waals surface area contributed by atoms with Crippen LogP contribution in [0.15, 0.2) is 0 Å². The summed E-state index contributed by atoms with van der Waals surface area (Å²) in [7, 11) is 4.04. The van der Waals surface area contributed by atoms with Crippen molar-refractivity contribution in [1.29, 1.82) is 0 Å². The summed E-state index contributed by atoms with van der Waals surface area (Å²) in [6, 6.07) is 0.424. The lowest BCUT2D eigenvalue weighted by Gasteiger charge is -2.19. The Balaban J connectivity index is 3.38. The van der Waals surface area contributed by atoms with E-state index >= 15 is 0 Å². The first kappa shape index (κ1) is 14.4. The van der Waals surface area contributed by atoms with Crippen LogP contribution in [0.2, 0.25) is 0 Å². The van der Waals surface area contributed by atoms with Gasteiger partial charge in [-0.1, -0.05) is 13.3 Å². The van der Waals surface area contributed by atoms with E-state index in [1.807, 2.05) is 14.1 Å². The number of rotatable bonds is 8.